The van der Waals surface area contributed by atoms with Gasteiger partial charge < -0.3 is 15.0 Å². The predicted molar refractivity (Wildman–Crippen MR) is 168 cm³/mol. The van der Waals surface area contributed by atoms with E-state index in [4.69, 9.17) is 4.74 Å². The second kappa shape index (κ2) is 14.1. The van der Waals surface area contributed by atoms with Crippen molar-refractivity contribution in [3.8, 4) is 22.1 Å². The van der Waals surface area contributed by atoms with Gasteiger partial charge in [-0.3, -0.25) is 14.2 Å². The topological polar surface area (TPSA) is 120 Å². The van der Waals surface area contributed by atoms with Crippen LogP contribution in [0.1, 0.15) is 11.1 Å². The van der Waals surface area contributed by atoms with Crippen molar-refractivity contribution in [2.24, 2.45) is 0 Å². The Morgan fingerprint density at radius 2 is 1.68 bits per heavy atom. The number of nitrogens with zero attached hydrogens (tertiary/aromatic N) is 4. The molecule has 47 heavy (non-hydrogen) atoms. The minimum atomic E-state index is -2.79. The molecule has 11 nitrogen and oxygen atoms in total. The lowest BCUT2D eigenvalue weighted by Gasteiger charge is -2.15. The highest BCUT2D eigenvalue weighted by Gasteiger charge is 2.26. The second-order valence-corrected chi connectivity index (χ2v) is 11.4. The minimum absolute atomic E-state index is 0.0948. The van der Waals surface area contributed by atoms with Gasteiger partial charge in [-0.25, -0.2) is 37.2 Å². The lowest BCUT2D eigenvalue weighted by atomic mass is 10.1. The maximum atomic E-state index is 14.9. The number of hydrogen-bond acceptors (Lipinski definition) is 8. The van der Waals surface area contributed by atoms with Crippen LogP contribution in [0, 0.1) is 11.6 Å². The van der Waals surface area contributed by atoms with Gasteiger partial charge in [0, 0.05) is 28.7 Å². The van der Waals surface area contributed by atoms with E-state index in [-0.39, 0.29) is 28.5 Å². The largest absolute Gasteiger partial charge is 0.472 e. The van der Waals surface area contributed by atoms with Crippen LogP contribution >= 0.6 is 11.3 Å². The fourth-order valence-electron chi connectivity index (χ4n) is 4.86. The van der Waals surface area contributed by atoms with Gasteiger partial charge in [-0.2, -0.15) is 4.98 Å². The van der Waals surface area contributed by atoms with Crippen molar-refractivity contribution >= 4 is 33.3 Å². The number of urea groups is 1. The number of pyridine rings is 1. The first-order valence-corrected chi connectivity index (χ1v) is 14.8. The maximum Gasteiger partial charge on any atom is 0.343 e. The first kappa shape index (κ1) is 33.3. The molecule has 5 rings (SSSR count). The number of anilines is 1. The number of rotatable bonds is 11. The predicted octanol–water partition coefficient (Wildman–Crippen LogP) is 4.99. The minimum Gasteiger partial charge on any atom is -0.472 e. The van der Waals surface area contributed by atoms with Gasteiger partial charge in [0.05, 0.1) is 19.0 Å². The summed E-state index contributed by atoms with van der Waals surface area (Å²) in [7, 11) is 4.85. The van der Waals surface area contributed by atoms with E-state index in [2.05, 4.69) is 20.6 Å². The molecule has 2 N–H and O–H groups in total. The number of aromatic nitrogens is 3. The number of thiophene rings is 1. The molecule has 3 heterocycles. The summed E-state index contributed by atoms with van der Waals surface area (Å²) in [6, 6.07) is 13.4. The SMILES string of the molecule is CONC(=O)Nc1ccc(-c2sc3c(c2CN(C)C)c(=O)n(-c2cccc(OCC(F)F)n2)c(=O)n3Cc2c(F)cccc2F)cc1. The van der Waals surface area contributed by atoms with E-state index in [1.54, 1.807) is 38.4 Å². The molecule has 5 aromatic rings. The molecule has 16 heteroatoms. The second-order valence-electron chi connectivity index (χ2n) is 10.4. The summed E-state index contributed by atoms with van der Waals surface area (Å²) in [6.45, 7) is -1.32. The highest BCUT2D eigenvalue weighted by molar-refractivity contribution is 7.22. The van der Waals surface area contributed by atoms with E-state index in [1.807, 2.05) is 4.90 Å². The molecule has 0 radical (unpaired) electrons. The third-order valence-electron chi connectivity index (χ3n) is 6.82. The number of amides is 2. The number of hydrogen-bond donors (Lipinski definition) is 2. The molecule has 0 bridgehead atoms. The molecule has 0 spiro atoms. The normalized spacial score (nSPS) is 11.4. The number of hydroxylamine groups is 1. The number of carbonyl (C=O) groups is 1. The average molecular weight is 673 g/mol. The third kappa shape index (κ3) is 7.19. The quantitative estimate of drug-likeness (QED) is 0.150. The van der Waals surface area contributed by atoms with Crippen molar-refractivity contribution in [2.45, 2.75) is 19.5 Å². The monoisotopic (exact) mass is 672 g/mol. The van der Waals surface area contributed by atoms with Crippen molar-refractivity contribution in [3.05, 3.63) is 104 Å². The van der Waals surface area contributed by atoms with E-state index in [0.717, 1.165) is 32.6 Å². The number of nitrogens with one attached hydrogen (secondary N) is 2. The number of fused-ring (bicyclic) bond motifs is 1. The molecule has 0 atom stereocenters. The fraction of sp³-hybridized carbons (Fsp3) is 0.226. The van der Waals surface area contributed by atoms with E-state index >= 15 is 0 Å². The molecule has 0 aliphatic heterocycles. The van der Waals surface area contributed by atoms with Crippen LogP contribution in [0.2, 0.25) is 0 Å². The van der Waals surface area contributed by atoms with Crippen molar-refractivity contribution in [1.82, 2.24) is 24.5 Å². The highest BCUT2D eigenvalue weighted by Crippen LogP contribution is 2.38. The van der Waals surface area contributed by atoms with E-state index < -0.39 is 54.1 Å². The van der Waals surface area contributed by atoms with Gasteiger partial charge in [0.1, 0.15) is 22.3 Å². The van der Waals surface area contributed by atoms with Gasteiger partial charge in [0.2, 0.25) is 5.88 Å². The zero-order valence-electron chi connectivity index (χ0n) is 25.2. The molecule has 0 fully saturated rings. The van der Waals surface area contributed by atoms with Gasteiger partial charge in [-0.15, -0.1) is 11.3 Å². The Kier molecular flexibility index (Phi) is 10.0. The maximum absolute atomic E-state index is 14.9. The molecular weight excluding hydrogens is 644 g/mol. The summed E-state index contributed by atoms with van der Waals surface area (Å²) in [5.41, 5.74) is 1.58. The Bertz CT molecular complexity index is 2030. The summed E-state index contributed by atoms with van der Waals surface area (Å²) in [6.07, 6.45) is -2.79. The van der Waals surface area contributed by atoms with Gasteiger partial charge in [0.25, 0.3) is 12.0 Å². The zero-order valence-corrected chi connectivity index (χ0v) is 26.0. The Morgan fingerprint density at radius 3 is 2.32 bits per heavy atom. The zero-order chi connectivity index (χ0) is 33.8. The molecule has 2 amide bonds. The molecule has 0 saturated carbocycles. The van der Waals surface area contributed by atoms with Crippen LogP contribution in [-0.4, -0.2) is 59.3 Å². The van der Waals surface area contributed by atoms with Crippen molar-refractivity contribution in [2.75, 3.05) is 33.1 Å². The van der Waals surface area contributed by atoms with Crippen LogP contribution < -0.4 is 26.8 Å². The summed E-state index contributed by atoms with van der Waals surface area (Å²) in [5.74, 6) is -2.28. The number of alkyl halides is 2. The van der Waals surface area contributed by atoms with Gasteiger partial charge in [-0.05, 0) is 55.6 Å². The Labute approximate surface area is 268 Å². The van der Waals surface area contributed by atoms with Crippen LogP contribution in [0.4, 0.5) is 28.0 Å². The van der Waals surface area contributed by atoms with Crippen molar-refractivity contribution in [3.63, 3.8) is 0 Å². The smallest absolute Gasteiger partial charge is 0.343 e. The number of halogens is 4. The standard InChI is InChI=1S/C31H28F4N6O5S/c1-39(2)14-20-26-28(42)41(24-8-5-9-25(37-24)46-16-23(34)35)31(44)40(15-19-21(32)6-4-7-22(19)33)29(26)47-27(20)17-10-12-18(13-11-17)36-30(43)38-45-3/h4-13,23H,14-16H2,1-3H3,(H2,36,38,43). The van der Waals surface area contributed by atoms with Gasteiger partial charge in [-0.1, -0.05) is 24.3 Å². The molecule has 0 aliphatic rings. The average Bonchev–Trinajstić information content (AvgIpc) is 3.38. The lowest BCUT2D eigenvalue weighted by molar-refractivity contribution is 0.0796. The molecule has 0 saturated heterocycles. The van der Waals surface area contributed by atoms with E-state index in [9.17, 15) is 31.9 Å². The molecule has 246 valence electrons. The van der Waals surface area contributed by atoms with Crippen LogP contribution in [0.5, 0.6) is 5.88 Å². The van der Waals surface area contributed by atoms with Crippen molar-refractivity contribution < 1.29 is 31.9 Å². The number of ether oxygens (including phenoxy) is 1. The Morgan fingerprint density at radius 1 is 1.00 bits per heavy atom. The molecule has 3 aromatic heterocycles. The summed E-state index contributed by atoms with van der Waals surface area (Å²) in [4.78, 5) is 51.5. The summed E-state index contributed by atoms with van der Waals surface area (Å²) in [5, 5.41) is 2.69. The summed E-state index contributed by atoms with van der Waals surface area (Å²) < 4.78 is 62.3. The van der Waals surface area contributed by atoms with E-state index in [1.165, 1.54) is 31.4 Å². The third-order valence-corrected chi connectivity index (χ3v) is 8.12. The van der Waals surface area contributed by atoms with Crippen LogP contribution in [0.15, 0.2) is 70.3 Å². The molecule has 2 aromatic carbocycles. The first-order valence-electron chi connectivity index (χ1n) is 14.0. The summed E-state index contributed by atoms with van der Waals surface area (Å²) >= 11 is 1.08. The molecular formula is C31H28F4N6O5S. The number of benzene rings is 2. The van der Waals surface area contributed by atoms with Crippen LogP contribution in [0.25, 0.3) is 26.5 Å². The molecule has 0 aliphatic carbocycles. The highest BCUT2D eigenvalue weighted by atomic mass is 32.1. The van der Waals surface area contributed by atoms with Crippen LogP contribution in [-0.2, 0) is 17.9 Å². The van der Waals surface area contributed by atoms with Crippen LogP contribution in [0.3, 0.4) is 0 Å². The number of carbonyl (C=O) groups excluding carboxylic acids is 1. The van der Waals surface area contributed by atoms with Gasteiger partial charge >= 0.3 is 11.7 Å². The Balaban J connectivity index is 1.77. The Hall–Kier alpha value is -5.06. The fourth-order valence-corrected chi connectivity index (χ4v) is 6.17. The van der Waals surface area contributed by atoms with Gasteiger partial charge in [0.15, 0.2) is 6.61 Å². The lowest BCUT2D eigenvalue weighted by Crippen LogP contribution is -2.39. The molecule has 0 unspecified atom stereocenters. The van der Waals surface area contributed by atoms with Crippen molar-refractivity contribution in [1.29, 1.82) is 0 Å². The first-order chi connectivity index (χ1) is 22.5. The van der Waals surface area contributed by atoms with E-state index in [0.29, 0.717) is 21.7 Å².